The van der Waals surface area contributed by atoms with E-state index in [4.69, 9.17) is 0 Å². The molecule has 0 aliphatic heterocycles. The molecule has 2 aliphatic rings. The maximum absolute atomic E-state index is 9.61. The summed E-state index contributed by atoms with van der Waals surface area (Å²) in [7, 11) is 0. The number of imidazole rings is 1. The van der Waals surface area contributed by atoms with Gasteiger partial charge in [0.1, 0.15) is 0 Å². The molecule has 4 atom stereocenters. The number of nitrogens with zero attached hydrogens (tertiary/aromatic N) is 1. The van der Waals surface area contributed by atoms with Crippen molar-refractivity contribution >= 4 is 0 Å². The zero-order chi connectivity index (χ0) is 8.84. The number of H-pyrrole nitrogens is 1. The Morgan fingerprint density at radius 1 is 1.31 bits per heavy atom. The van der Waals surface area contributed by atoms with Gasteiger partial charge in [-0.25, -0.2) is 4.98 Å². The van der Waals surface area contributed by atoms with Gasteiger partial charge in [0.05, 0.1) is 12.4 Å². The standard InChI is InChI=1S/C10H14N2O/c13-10-3-6-1-7(10)2-8(6)9-4-11-5-12-9/h4-8,10,13H,1-3H2,(H,11,12)/t6-,7+,8+,10+/m1/s1. The summed E-state index contributed by atoms with van der Waals surface area (Å²) in [5.74, 6) is 1.88. The fourth-order valence-corrected chi connectivity index (χ4v) is 3.10. The topological polar surface area (TPSA) is 48.9 Å². The van der Waals surface area contributed by atoms with E-state index in [-0.39, 0.29) is 6.10 Å². The molecule has 0 radical (unpaired) electrons. The average Bonchev–Trinajstić information content (AvgIpc) is 2.75. The van der Waals surface area contributed by atoms with Gasteiger partial charge in [0.25, 0.3) is 0 Å². The van der Waals surface area contributed by atoms with Crippen LogP contribution in [0, 0.1) is 11.8 Å². The summed E-state index contributed by atoms with van der Waals surface area (Å²) in [5.41, 5.74) is 1.26. The van der Waals surface area contributed by atoms with E-state index in [1.807, 2.05) is 6.20 Å². The van der Waals surface area contributed by atoms with Gasteiger partial charge >= 0.3 is 0 Å². The predicted molar refractivity (Wildman–Crippen MR) is 48.2 cm³/mol. The van der Waals surface area contributed by atoms with E-state index in [1.165, 1.54) is 12.1 Å². The van der Waals surface area contributed by atoms with Gasteiger partial charge in [-0.2, -0.15) is 0 Å². The highest BCUT2D eigenvalue weighted by Crippen LogP contribution is 2.52. The van der Waals surface area contributed by atoms with Crippen LogP contribution in [0.5, 0.6) is 0 Å². The van der Waals surface area contributed by atoms with Crippen LogP contribution >= 0.6 is 0 Å². The van der Waals surface area contributed by atoms with Crippen molar-refractivity contribution in [1.29, 1.82) is 0 Å². The molecule has 3 rings (SSSR count). The smallest absolute Gasteiger partial charge is 0.0921 e. The Morgan fingerprint density at radius 2 is 2.23 bits per heavy atom. The number of hydrogen-bond acceptors (Lipinski definition) is 2. The maximum atomic E-state index is 9.61. The highest BCUT2D eigenvalue weighted by molar-refractivity contribution is 5.12. The number of aliphatic hydroxyl groups excluding tert-OH is 1. The molecule has 0 spiro atoms. The zero-order valence-corrected chi connectivity index (χ0v) is 7.48. The Hall–Kier alpha value is -0.830. The monoisotopic (exact) mass is 178 g/mol. The van der Waals surface area contributed by atoms with Gasteiger partial charge in [-0.15, -0.1) is 0 Å². The van der Waals surface area contributed by atoms with Crippen molar-refractivity contribution in [3.63, 3.8) is 0 Å². The molecule has 0 saturated heterocycles. The Bertz CT molecular complexity index is 294. The van der Waals surface area contributed by atoms with Crippen LogP contribution in [0.2, 0.25) is 0 Å². The van der Waals surface area contributed by atoms with E-state index < -0.39 is 0 Å². The Balaban J connectivity index is 1.84. The van der Waals surface area contributed by atoms with Gasteiger partial charge < -0.3 is 10.1 Å². The number of aliphatic hydroxyl groups is 1. The van der Waals surface area contributed by atoms with Gasteiger partial charge in [-0.05, 0) is 31.1 Å². The lowest BCUT2D eigenvalue weighted by Gasteiger charge is -2.23. The van der Waals surface area contributed by atoms with Crippen LogP contribution in [0.3, 0.4) is 0 Å². The molecule has 1 aromatic rings. The molecule has 2 saturated carbocycles. The number of rotatable bonds is 1. The van der Waals surface area contributed by atoms with Crippen LogP contribution in [0.1, 0.15) is 30.9 Å². The summed E-state index contributed by atoms with van der Waals surface area (Å²) in [6.07, 6.45) is 7.01. The first-order valence-electron chi connectivity index (χ1n) is 5.01. The average molecular weight is 178 g/mol. The molecule has 13 heavy (non-hydrogen) atoms. The molecule has 2 aliphatic carbocycles. The quantitative estimate of drug-likeness (QED) is 0.680. The number of fused-ring (bicyclic) bond motifs is 2. The third kappa shape index (κ3) is 1.03. The van der Waals surface area contributed by atoms with Crippen LogP contribution in [-0.4, -0.2) is 21.2 Å². The molecular formula is C10H14N2O. The van der Waals surface area contributed by atoms with Crippen LogP contribution in [0.15, 0.2) is 12.5 Å². The molecule has 2 bridgehead atoms. The second-order valence-electron chi connectivity index (χ2n) is 4.41. The Morgan fingerprint density at radius 3 is 2.77 bits per heavy atom. The minimum atomic E-state index is -0.0239. The number of nitrogens with one attached hydrogen (secondary N) is 1. The van der Waals surface area contributed by atoms with Crippen LogP contribution < -0.4 is 0 Å². The summed E-state index contributed by atoms with van der Waals surface area (Å²) in [4.78, 5) is 7.24. The maximum Gasteiger partial charge on any atom is 0.0921 e. The van der Waals surface area contributed by atoms with Crippen LogP contribution in [0.4, 0.5) is 0 Å². The highest BCUT2D eigenvalue weighted by atomic mass is 16.3. The van der Waals surface area contributed by atoms with E-state index >= 15 is 0 Å². The molecule has 3 heteroatoms. The summed E-state index contributed by atoms with van der Waals surface area (Å²) in [5, 5.41) is 9.61. The number of aromatic nitrogens is 2. The lowest BCUT2D eigenvalue weighted by atomic mass is 9.85. The minimum Gasteiger partial charge on any atom is -0.393 e. The summed E-state index contributed by atoms with van der Waals surface area (Å²) in [6, 6.07) is 0. The van der Waals surface area contributed by atoms with Crippen molar-refractivity contribution in [1.82, 2.24) is 9.97 Å². The fraction of sp³-hybridized carbons (Fsp3) is 0.700. The van der Waals surface area contributed by atoms with Gasteiger partial charge in [-0.1, -0.05) is 0 Å². The summed E-state index contributed by atoms with van der Waals surface area (Å²) >= 11 is 0. The molecule has 0 unspecified atom stereocenters. The molecule has 1 aromatic heterocycles. The molecular weight excluding hydrogens is 164 g/mol. The zero-order valence-electron chi connectivity index (χ0n) is 7.48. The third-order valence-electron chi connectivity index (χ3n) is 3.74. The highest BCUT2D eigenvalue weighted by Gasteiger charge is 2.45. The first-order chi connectivity index (χ1) is 6.34. The molecule has 2 fully saturated rings. The normalized spacial score (nSPS) is 42.8. The first kappa shape index (κ1) is 7.56. The second kappa shape index (κ2) is 2.58. The van der Waals surface area contributed by atoms with Crippen LogP contribution in [0.25, 0.3) is 0 Å². The molecule has 2 N–H and O–H groups in total. The van der Waals surface area contributed by atoms with E-state index in [2.05, 4.69) is 9.97 Å². The van der Waals surface area contributed by atoms with Gasteiger partial charge in [-0.3, -0.25) is 0 Å². The van der Waals surface area contributed by atoms with E-state index in [1.54, 1.807) is 6.33 Å². The third-order valence-corrected chi connectivity index (χ3v) is 3.74. The summed E-state index contributed by atoms with van der Waals surface area (Å²) in [6.45, 7) is 0. The molecule has 1 heterocycles. The van der Waals surface area contributed by atoms with Crippen LogP contribution in [-0.2, 0) is 0 Å². The first-order valence-corrected chi connectivity index (χ1v) is 5.01. The Labute approximate surface area is 77.2 Å². The largest absolute Gasteiger partial charge is 0.393 e. The van der Waals surface area contributed by atoms with Crippen molar-refractivity contribution in [2.45, 2.75) is 31.3 Å². The molecule has 3 nitrogen and oxygen atoms in total. The Kier molecular flexibility index (Phi) is 1.50. The van der Waals surface area contributed by atoms with Crippen molar-refractivity contribution < 1.29 is 5.11 Å². The lowest BCUT2D eigenvalue weighted by molar-refractivity contribution is 0.107. The number of aromatic amines is 1. The van der Waals surface area contributed by atoms with Crippen molar-refractivity contribution in [2.24, 2.45) is 11.8 Å². The second-order valence-corrected chi connectivity index (χ2v) is 4.41. The number of hydrogen-bond donors (Lipinski definition) is 2. The summed E-state index contributed by atoms with van der Waals surface area (Å²) < 4.78 is 0. The molecule has 0 aromatic carbocycles. The van der Waals surface area contributed by atoms with Gasteiger partial charge in [0.15, 0.2) is 0 Å². The van der Waals surface area contributed by atoms with Gasteiger partial charge in [0, 0.05) is 17.8 Å². The van der Waals surface area contributed by atoms with E-state index in [0.29, 0.717) is 17.8 Å². The minimum absolute atomic E-state index is 0.0239. The predicted octanol–water partition coefficient (Wildman–Crippen LogP) is 1.28. The van der Waals surface area contributed by atoms with Gasteiger partial charge in [0.2, 0.25) is 0 Å². The fourth-order valence-electron chi connectivity index (χ4n) is 3.10. The molecule has 0 amide bonds. The van der Waals surface area contributed by atoms with Crippen molar-refractivity contribution in [3.8, 4) is 0 Å². The molecule has 70 valence electrons. The SMILES string of the molecule is O[C@H]1C[C@H]2C[C@H]1C[C@@H]2c1cnc[nH]1. The van der Waals surface area contributed by atoms with E-state index in [0.717, 1.165) is 12.8 Å². The van der Waals surface area contributed by atoms with Crippen molar-refractivity contribution in [2.75, 3.05) is 0 Å². The lowest BCUT2D eigenvalue weighted by Crippen LogP contribution is -2.20. The van der Waals surface area contributed by atoms with E-state index in [9.17, 15) is 5.11 Å². The van der Waals surface area contributed by atoms with Crippen molar-refractivity contribution in [3.05, 3.63) is 18.2 Å².